The predicted octanol–water partition coefficient (Wildman–Crippen LogP) is 2.48. The second-order valence-electron chi connectivity index (χ2n) is 5.40. The van der Waals surface area contributed by atoms with Crippen LogP contribution in [0.5, 0.6) is 0 Å². The number of carbonyl (C=O) groups is 1. The van der Waals surface area contributed by atoms with Crippen molar-refractivity contribution in [2.24, 2.45) is 0 Å². The maximum Gasteiger partial charge on any atom is 0.256 e. The van der Waals surface area contributed by atoms with Crippen LogP contribution in [-0.2, 0) is 11.3 Å². The van der Waals surface area contributed by atoms with E-state index >= 15 is 0 Å². The number of rotatable bonds is 5. The lowest BCUT2D eigenvalue weighted by atomic mass is 10.1. The molecule has 2 aromatic heterocycles. The smallest absolute Gasteiger partial charge is 0.256 e. The molecule has 0 spiro atoms. The third-order valence-electron chi connectivity index (χ3n) is 3.55. The number of aliphatic hydroxyl groups excluding tert-OH is 1. The molecule has 25 heavy (non-hydrogen) atoms. The number of halogens is 1. The minimum absolute atomic E-state index is 0.0779. The largest absolute Gasteiger partial charge is 0.378 e. The molecule has 3 rings (SSSR count). The van der Waals surface area contributed by atoms with Crippen LogP contribution in [0.15, 0.2) is 53.3 Å². The second-order valence-corrected chi connectivity index (χ2v) is 5.84. The van der Waals surface area contributed by atoms with Crippen LogP contribution < -0.4 is 0 Å². The van der Waals surface area contributed by atoms with Crippen LogP contribution in [0.3, 0.4) is 0 Å². The Labute approximate surface area is 148 Å². The lowest BCUT2D eigenvalue weighted by Gasteiger charge is -2.19. The summed E-state index contributed by atoms with van der Waals surface area (Å²) in [5, 5.41) is 14.6. The van der Waals surface area contributed by atoms with E-state index in [9.17, 15) is 9.90 Å². The molecule has 1 atom stereocenters. The number of nitrogens with zero attached hydrogens (tertiary/aromatic N) is 4. The van der Waals surface area contributed by atoms with Gasteiger partial charge in [0.2, 0.25) is 11.7 Å². The SMILES string of the molecule is CN(Cc1nc(-c2ccncc2)no1)C(=O)[C@H](O)c1cccc(Cl)c1. The van der Waals surface area contributed by atoms with Gasteiger partial charge in [-0.3, -0.25) is 9.78 Å². The molecule has 0 aliphatic rings. The van der Waals surface area contributed by atoms with Gasteiger partial charge in [0, 0.05) is 30.0 Å². The van der Waals surface area contributed by atoms with Crippen LogP contribution in [-0.4, -0.2) is 38.1 Å². The predicted molar refractivity (Wildman–Crippen MR) is 90.4 cm³/mol. The molecule has 0 saturated carbocycles. The van der Waals surface area contributed by atoms with Crippen LogP contribution in [0.4, 0.5) is 0 Å². The number of pyridine rings is 1. The van der Waals surface area contributed by atoms with E-state index in [1.54, 1.807) is 55.8 Å². The maximum absolute atomic E-state index is 12.4. The Morgan fingerprint density at radius 2 is 2.08 bits per heavy atom. The average Bonchev–Trinajstić information content (AvgIpc) is 3.09. The van der Waals surface area contributed by atoms with E-state index in [0.717, 1.165) is 5.56 Å². The molecular weight excluding hydrogens is 344 g/mol. The Balaban J connectivity index is 1.68. The summed E-state index contributed by atoms with van der Waals surface area (Å²) in [7, 11) is 1.55. The first-order chi connectivity index (χ1) is 12.0. The summed E-state index contributed by atoms with van der Waals surface area (Å²) in [5.41, 5.74) is 1.19. The first kappa shape index (κ1) is 17.1. The molecule has 0 saturated heterocycles. The molecule has 0 aliphatic heterocycles. The molecule has 3 aromatic rings. The number of benzene rings is 1. The molecule has 0 bridgehead atoms. The fraction of sp³-hybridized carbons (Fsp3) is 0.176. The molecule has 2 heterocycles. The van der Waals surface area contributed by atoms with Crippen molar-refractivity contribution in [2.45, 2.75) is 12.6 Å². The van der Waals surface area contributed by atoms with Gasteiger partial charge in [0.25, 0.3) is 5.91 Å². The summed E-state index contributed by atoms with van der Waals surface area (Å²) in [6.45, 7) is 0.0779. The molecule has 1 N–H and O–H groups in total. The average molecular weight is 359 g/mol. The van der Waals surface area contributed by atoms with Gasteiger partial charge in [-0.05, 0) is 29.8 Å². The molecule has 1 aromatic carbocycles. The monoisotopic (exact) mass is 358 g/mol. The van der Waals surface area contributed by atoms with Crippen molar-refractivity contribution in [3.05, 3.63) is 65.3 Å². The summed E-state index contributed by atoms with van der Waals surface area (Å²) in [5.74, 6) is 0.181. The molecule has 128 valence electrons. The van der Waals surface area contributed by atoms with Gasteiger partial charge in [0.05, 0.1) is 6.54 Å². The quantitative estimate of drug-likeness (QED) is 0.753. The number of aromatic nitrogens is 3. The minimum atomic E-state index is -1.31. The van der Waals surface area contributed by atoms with E-state index in [1.165, 1.54) is 4.90 Å². The Morgan fingerprint density at radius 3 is 2.80 bits per heavy atom. The number of amides is 1. The number of hydrogen-bond acceptors (Lipinski definition) is 6. The highest BCUT2D eigenvalue weighted by Crippen LogP contribution is 2.20. The lowest BCUT2D eigenvalue weighted by molar-refractivity contribution is -0.140. The molecule has 0 unspecified atom stereocenters. The van der Waals surface area contributed by atoms with Crippen LogP contribution in [0.25, 0.3) is 11.4 Å². The van der Waals surface area contributed by atoms with E-state index in [2.05, 4.69) is 15.1 Å². The van der Waals surface area contributed by atoms with Crippen LogP contribution in [0.1, 0.15) is 17.6 Å². The number of likely N-dealkylation sites (N-methyl/N-ethyl adjacent to an activating group) is 1. The van der Waals surface area contributed by atoms with Gasteiger partial charge in [0.1, 0.15) is 0 Å². The summed E-state index contributed by atoms with van der Waals surface area (Å²) in [6.07, 6.45) is 1.94. The number of carbonyl (C=O) groups excluding carboxylic acids is 1. The van der Waals surface area contributed by atoms with Gasteiger partial charge < -0.3 is 14.5 Å². The van der Waals surface area contributed by atoms with Gasteiger partial charge in [-0.15, -0.1) is 0 Å². The van der Waals surface area contributed by atoms with E-state index in [0.29, 0.717) is 16.4 Å². The molecule has 0 radical (unpaired) electrons. The molecule has 8 heteroatoms. The zero-order chi connectivity index (χ0) is 17.8. The van der Waals surface area contributed by atoms with Crippen molar-refractivity contribution in [3.8, 4) is 11.4 Å². The third-order valence-corrected chi connectivity index (χ3v) is 3.79. The van der Waals surface area contributed by atoms with E-state index < -0.39 is 12.0 Å². The fourth-order valence-electron chi connectivity index (χ4n) is 2.25. The standard InChI is InChI=1S/C17H15ClN4O3/c1-22(17(24)15(23)12-3-2-4-13(18)9-12)10-14-20-16(21-25-14)11-5-7-19-8-6-11/h2-9,15,23H,10H2,1H3/t15-/m1/s1. The van der Waals surface area contributed by atoms with Gasteiger partial charge in [0.15, 0.2) is 6.10 Å². The van der Waals surface area contributed by atoms with E-state index in [4.69, 9.17) is 16.1 Å². The van der Waals surface area contributed by atoms with Crippen molar-refractivity contribution in [1.82, 2.24) is 20.0 Å². The Bertz CT molecular complexity index is 869. The Hall–Kier alpha value is -2.77. The zero-order valence-electron chi connectivity index (χ0n) is 13.3. The number of hydrogen-bond donors (Lipinski definition) is 1. The highest BCUT2D eigenvalue weighted by atomic mass is 35.5. The van der Waals surface area contributed by atoms with Crippen LogP contribution >= 0.6 is 11.6 Å². The van der Waals surface area contributed by atoms with Gasteiger partial charge >= 0.3 is 0 Å². The van der Waals surface area contributed by atoms with Crippen LogP contribution in [0.2, 0.25) is 5.02 Å². The third kappa shape index (κ3) is 4.01. The topological polar surface area (TPSA) is 92.4 Å². The zero-order valence-corrected chi connectivity index (χ0v) is 14.1. The molecular formula is C17H15ClN4O3. The Kier molecular flexibility index (Phi) is 5.06. The lowest BCUT2D eigenvalue weighted by Crippen LogP contribution is -2.31. The molecule has 7 nitrogen and oxygen atoms in total. The number of aliphatic hydroxyl groups is 1. The minimum Gasteiger partial charge on any atom is -0.378 e. The normalized spacial score (nSPS) is 12.0. The van der Waals surface area contributed by atoms with Crippen molar-refractivity contribution < 1.29 is 14.4 Å². The van der Waals surface area contributed by atoms with Gasteiger partial charge in [-0.1, -0.05) is 28.9 Å². The molecule has 0 aliphatic carbocycles. The van der Waals surface area contributed by atoms with Crippen LogP contribution in [0, 0.1) is 0 Å². The summed E-state index contributed by atoms with van der Waals surface area (Å²) < 4.78 is 5.17. The highest BCUT2D eigenvalue weighted by Gasteiger charge is 2.23. The second kappa shape index (κ2) is 7.42. The maximum atomic E-state index is 12.4. The first-order valence-corrected chi connectivity index (χ1v) is 7.84. The van der Waals surface area contributed by atoms with Gasteiger partial charge in [-0.25, -0.2) is 0 Å². The molecule has 1 amide bonds. The van der Waals surface area contributed by atoms with Crippen molar-refractivity contribution in [2.75, 3.05) is 7.05 Å². The van der Waals surface area contributed by atoms with Gasteiger partial charge in [-0.2, -0.15) is 4.98 Å². The van der Waals surface area contributed by atoms with E-state index in [1.807, 2.05) is 0 Å². The fourth-order valence-corrected chi connectivity index (χ4v) is 2.44. The van der Waals surface area contributed by atoms with Crippen molar-refractivity contribution >= 4 is 17.5 Å². The summed E-state index contributed by atoms with van der Waals surface area (Å²) >= 11 is 5.89. The highest BCUT2D eigenvalue weighted by molar-refractivity contribution is 6.30. The van der Waals surface area contributed by atoms with Crippen molar-refractivity contribution in [3.63, 3.8) is 0 Å². The summed E-state index contributed by atoms with van der Waals surface area (Å²) in [4.78, 5) is 21.9. The Morgan fingerprint density at radius 1 is 1.32 bits per heavy atom. The van der Waals surface area contributed by atoms with Crippen molar-refractivity contribution in [1.29, 1.82) is 0 Å². The summed E-state index contributed by atoms with van der Waals surface area (Å²) in [6, 6.07) is 10.0. The molecule has 0 fully saturated rings. The van der Waals surface area contributed by atoms with E-state index in [-0.39, 0.29) is 12.4 Å². The first-order valence-electron chi connectivity index (χ1n) is 7.46.